The predicted molar refractivity (Wildman–Crippen MR) is 76.9 cm³/mol. The summed E-state index contributed by atoms with van der Waals surface area (Å²) in [5, 5.41) is 8.73. The van der Waals surface area contributed by atoms with Crippen LogP contribution < -0.4 is 4.90 Å². The number of hydrogen-bond donors (Lipinski definition) is 0. The van der Waals surface area contributed by atoms with Gasteiger partial charge in [0.15, 0.2) is 0 Å². The van der Waals surface area contributed by atoms with Gasteiger partial charge in [0.05, 0.1) is 11.9 Å². The Balaban J connectivity index is 2.06. The molecular formula is C16H17N3. The Hall–Kier alpha value is -2.34. The summed E-state index contributed by atoms with van der Waals surface area (Å²) < 4.78 is 0. The maximum atomic E-state index is 8.73. The number of hydrogen-bond acceptors (Lipinski definition) is 3. The zero-order valence-corrected chi connectivity index (χ0v) is 11.3. The Bertz CT molecular complexity index is 564. The predicted octanol–water partition coefficient (Wildman–Crippen LogP) is 3.15. The number of pyridine rings is 1. The van der Waals surface area contributed by atoms with Gasteiger partial charge in [-0.25, -0.2) is 4.98 Å². The molecule has 0 saturated heterocycles. The van der Waals surface area contributed by atoms with Crippen molar-refractivity contribution in [3.8, 4) is 6.07 Å². The highest BCUT2D eigenvalue weighted by Gasteiger charge is 2.03. The molecule has 0 amide bonds. The summed E-state index contributed by atoms with van der Waals surface area (Å²) in [6, 6.07) is 14.3. The van der Waals surface area contributed by atoms with E-state index in [2.05, 4.69) is 41.1 Å². The summed E-state index contributed by atoms with van der Waals surface area (Å²) in [7, 11) is 2.02. The summed E-state index contributed by atoms with van der Waals surface area (Å²) in [5.41, 5.74) is 4.08. The van der Waals surface area contributed by atoms with E-state index in [0.717, 1.165) is 18.7 Å². The van der Waals surface area contributed by atoms with E-state index in [1.165, 1.54) is 11.1 Å². The summed E-state index contributed by atoms with van der Waals surface area (Å²) in [6.45, 7) is 2.99. The third kappa shape index (κ3) is 3.32. The minimum Gasteiger partial charge on any atom is -0.369 e. The molecule has 3 heteroatoms. The lowest BCUT2D eigenvalue weighted by molar-refractivity contribution is 0.915. The molecule has 0 bridgehead atoms. The van der Waals surface area contributed by atoms with Crippen molar-refractivity contribution >= 4 is 5.69 Å². The maximum absolute atomic E-state index is 8.73. The number of benzene rings is 1. The highest BCUT2D eigenvalue weighted by Crippen LogP contribution is 2.15. The van der Waals surface area contributed by atoms with Crippen molar-refractivity contribution in [3.05, 3.63) is 59.4 Å². The van der Waals surface area contributed by atoms with E-state index in [9.17, 15) is 0 Å². The van der Waals surface area contributed by atoms with Crippen LogP contribution in [0.4, 0.5) is 5.69 Å². The molecule has 0 aliphatic carbocycles. The van der Waals surface area contributed by atoms with Crippen LogP contribution in [-0.2, 0) is 13.0 Å². The first-order valence-corrected chi connectivity index (χ1v) is 6.38. The fraction of sp³-hybridized carbons (Fsp3) is 0.250. The second-order valence-electron chi connectivity index (χ2n) is 4.54. The van der Waals surface area contributed by atoms with Gasteiger partial charge in [0.1, 0.15) is 11.8 Å². The molecule has 0 unspecified atom stereocenters. The highest BCUT2D eigenvalue weighted by atomic mass is 15.1. The van der Waals surface area contributed by atoms with E-state index < -0.39 is 0 Å². The summed E-state index contributed by atoms with van der Waals surface area (Å²) >= 11 is 0. The lowest BCUT2D eigenvalue weighted by Gasteiger charge is -2.19. The van der Waals surface area contributed by atoms with Crippen molar-refractivity contribution in [2.45, 2.75) is 19.9 Å². The molecular weight excluding hydrogens is 234 g/mol. The number of nitriles is 1. The average molecular weight is 251 g/mol. The van der Waals surface area contributed by atoms with Crippen LogP contribution in [0.1, 0.15) is 23.7 Å². The minimum absolute atomic E-state index is 0.449. The van der Waals surface area contributed by atoms with E-state index in [1.54, 1.807) is 12.3 Å². The third-order valence-electron chi connectivity index (χ3n) is 3.15. The number of anilines is 1. The van der Waals surface area contributed by atoms with Gasteiger partial charge < -0.3 is 4.90 Å². The molecule has 0 fully saturated rings. The van der Waals surface area contributed by atoms with Gasteiger partial charge in [-0.3, -0.25) is 0 Å². The summed E-state index contributed by atoms with van der Waals surface area (Å²) in [5.74, 6) is 0. The van der Waals surface area contributed by atoms with Crippen LogP contribution in [-0.4, -0.2) is 12.0 Å². The molecule has 1 heterocycles. The van der Waals surface area contributed by atoms with Crippen LogP contribution in [0.25, 0.3) is 0 Å². The summed E-state index contributed by atoms with van der Waals surface area (Å²) in [4.78, 5) is 6.20. The Morgan fingerprint density at radius 2 is 1.79 bits per heavy atom. The van der Waals surface area contributed by atoms with Crippen molar-refractivity contribution in [1.29, 1.82) is 5.26 Å². The zero-order valence-electron chi connectivity index (χ0n) is 11.3. The molecule has 3 nitrogen and oxygen atoms in total. The van der Waals surface area contributed by atoms with Gasteiger partial charge in [0, 0.05) is 13.6 Å². The molecule has 0 spiro atoms. The normalized spacial score (nSPS) is 9.95. The first kappa shape index (κ1) is 13.1. The van der Waals surface area contributed by atoms with Gasteiger partial charge in [0.2, 0.25) is 0 Å². The molecule has 96 valence electrons. The number of nitrogens with zero attached hydrogens (tertiary/aromatic N) is 3. The molecule has 2 rings (SSSR count). The van der Waals surface area contributed by atoms with E-state index in [4.69, 9.17) is 5.26 Å². The molecule has 0 radical (unpaired) electrons. The lowest BCUT2D eigenvalue weighted by atomic mass is 10.1. The van der Waals surface area contributed by atoms with Crippen molar-refractivity contribution in [2.24, 2.45) is 0 Å². The zero-order chi connectivity index (χ0) is 13.7. The van der Waals surface area contributed by atoms with Crippen LogP contribution in [0.2, 0.25) is 0 Å². The smallest absolute Gasteiger partial charge is 0.140 e. The number of aromatic nitrogens is 1. The number of rotatable bonds is 4. The molecule has 2 aromatic rings. The Labute approximate surface area is 114 Å². The van der Waals surface area contributed by atoms with Crippen LogP contribution in [0.15, 0.2) is 42.6 Å². The fourth-order valence-electron chi connectivity index (χ4n) is 1.92. The minimum atomic E-state index is 0.449. The van der Waals surface area contributed by atoms with Crippen LogP contribution in [0.3, 0.4) is 0 Å². The van der Waals surface area contributed by atoms with Gasteiger partial charge in [0.25, 0.3) is 0 Å². The molecule has 0 saturated carbocycles. The van der Waals surface area contributed by atoms with Crippen molar-refractivity contribution in [3.63, 3.8) is 0 Å². The molecule has 0 N–H and O–H groups in total. The van der Waals surface area contributed by atoms with Gasteiger partial charge in [-0.2, -0.15) is 5.26 Å². The third-order valence-corrected chi connectivity index (χ3v) is 3.15. The first-order chi connectivity index (χ1) is 9.22. The SMILES string of the molecule is CCc1ccc(CN(C)c2ccc(C#N)nc2)cc1. The lowest BCUT2D eigenvalue weighted by Crippen LogP contribution is -2.16. The largest absolute Gasteiger partial charge is 0.369 e. The van der Waals surface area contributed by atoms with Crippen LogP contribution >= 0.6 is 0 Å². The van der Waals surface area contributed by atoms with Gasteiger partial charge >= 0.3 is 0 Å². The number of aryl methyl sites for hydroxylation is 1. The summed E-state index contributed by atoms with van der Waals surface area (Å²) in [6.07, 6.45) is 2.80. The van der Waals surface area contributed by atoms with Crippen molar-refractivity contribution in [2.75, 3.05) is 11.9 Å². The Kier molecular flexibility index (Phi) is 4.15. The fourth-order valence-corrected chi connectivity index (χ4v) is 1.92. The van der Waals surface area contributed by atoms with Crippen molar-refractivity contribution < 1.29 is 0 Å². The molecule has 1 aromatic carbocycles. The first-order valence-electron chi connectivity index (χ1n) is 6.38. The highest BCUT2D eigenvalue weighted by molar-refractivity contribution is 5.45. The van der Waals surface area contributed by atoms with E-state index in [1.807, 2.05) is 19.2 Å². The van der Waals surface area contributed by atoms with E-state index in [-0.39, 0.29) is 0 Å². The van der Waals surface area contributed by atoms with Crippen LogP contribution in [0, 0.1) is 11.3 Å². The van der Waals surface area contributed by atoms with Gasteiger partial charge in [-0.05, 0) is 29.7 Å². The van der Waals surface area contributed by atoms with Gasteiger partial charge in [-0.1, -0.05) is 31.2 Å². The Morgan fingerprint density at radius 3 is 2.32 bits per heavy atom. The molecule has 0 atom stereocenters. The average Bonchev–Trinajstić information content (AvgIpc) is 2.48. The second-order valence-corrected chi connectivity index (χ2v) is 4.54. The molecule has 1 aromatic heterocycles. The van der Waals surface area contributed by atoms with E-state index in [0.29, 0.717) is 5.69 Å². The second kappa shape index (κ2) is 6.01. The van der Waals surface area contributed by atoms with Crippen molar-refractivity contribution in [1.82, 2.24) is 4.98 Å². The topological polar surface area (TPSA) is 39.9 Å². The molecule has 0 aliphatic rings. The molecule has 0 aliphatic heterocycles. The van der Waals surface area contributed by atoms with Gasteiger partial charge in [-0.15, -0.1) is 0 Å². The Morgan fingerprint density at radius 1 is 1.11 bits per heavy atom. The quantitative estimate of drug-likeness (QED) is 0.838. The maximum Gasteiger partial charge on any atom is 0.140 e. The molecule has 19 heavy (non-hydrogen) atoms. The van der Waals surface area contributed by atoms with Crippen LogP contribution in [0.5, 0.6) is 0 Å². The monoisotopic (exact) mass is 251 g/mol. The standard InChI is InChI=1S/C16H17N3/c1-3-13-4-6-14(7-5-13)12-19(2)16-9-8-15(10-17)18-11-16/h4-9,11H,3,12H2,1-2H3. The van der Waals surface area contributed by atoms with E-state index >= 15 is 0 Å².